The molecule has 20 heavy (non-hydrogen) atoms. The van der Waals surface area contributed by atoms with Crippen molar-refractivity contribution >= 4 is 29.1 Å². The van der Waals surface area contributed by atoms with Gasteiger partial charge in [0, 0.05) is 20.0 Å². The molecule has 0 aromatic heterocycles. The molecule has 0 aliphatic rings. The van der Waals surface area contributed by atoms with Gasteiger partial charge in [0.15, 0.2) is 0 Å². The van der Waals surface area contributed by atoms with Crippen LogP contribution in [0.15, 0.2) is 18.2 Å². The Kier molecular flexibility index (Phi) is 7.35. The number of carbonyl (C=O) groups excluding carboxylic acids is 1. The molecule has 1 amide bonds. The van der Waals surface area contributed by atoms with E-state index >= 15 is 0 Å². The molecule has 0 radical (unpaired) electrons. The number of hydrogen-bond acceptors (Lipinski definition) is 2. The van der Waals surface area contributed by atoms with Gasteiger partial charge in [0.05, 0.1) is 16.1 Å². The van der Waals surface area contributed by atoms with Crippen molar-refractivity contribution in [2.45, 2.75) is 38.7 Å². The first kappa shape index (κ1) is 17.3. The first-order chi connectivity index (χ1) is 9.40. The molecule has 1 rings (SSSR count). The molecule has 1 aromatic carbocycles. The highest BCUT2D eigenvalue weighted by Crippen LogP contribution is 2.23. The molecule has 1 atom stereocenters. The summed E-state index contributed by atoms with van der Waals surface area (Å²) >= 11 is 11.8. The molecule has 112 valence electrons. The monoisotopic (exact) mass is 317 g/mol. The maximum atomic E-state index is 11.9. The van der Waals surface area contributed by atoms with E-state index in [-0.39, 0.29) is 12.0 Å². The van der Waals surface area contributed by atoms with Crippen molar-refractivity contribution in [1.82, 2.24) is 4.90 Å². The van der Waals surface area contributed by atoms with Crippen LogP contribution in [0.3, 0.4) is 0 Å². The zero-order chi connectivity index (χ0) is 15.1. The Balaban J connectivity index is 2.32. The smallest absolute Gasteiger partial charge is 0.222 e. The number of rotatable bonds is 7. The molecule has 0 aliphatic carbocycles. The second-order valence-corrected chi connectivity index (χ2v) is 5.87. The predicted octanol–water partition coefficient (Wildman–Crippen LogP) is 3.55. The highest BCUT2D eigenvalue weighted by Gasteiger charge is 2.09. The number of benzene rings is 1. The molecule has 0 saturated carbocycles. The lowest BCUT2D eigenvalue weighted by atomic mass is 10.1. The topological polar surface area (TPSA) is 40.5 Å². The van der Waals surface area contributed by atoms with Crippen molar-refractivity contribution in [3.8, 4) is 0 Å². The van der Waals surface area contributed by atoms with E-state index in [0.29, 0.717) is 29.4 Å². The van der Waals surface area contributed by atoms with Gasteiger partial charge in [0.25, 0.3) is 0 Å². The van der Waals surface area contributed by atoms with Gasteiger partial charge >= 0.3 is 0 Å². The minimum atomic E-state index is -0.374. The second kappa shape index (κ2) is 8.50. The van der Waals surface area contributed by atoms with E-state index < -0.39 is 0 Å². The molecule has 0 spiro atoms. The number of amides is 1. The molecule has 5 heteroatoms. The van der Waals surface area contributed by atoms with E-state index in [2.05, 4.69) is 0 Å². The van der Waals surface area contributed by atoms with E-state index in [0.717, 1.165) is 18.4 Å². The summed E-state index contributed by atoms with van der Waals surface area (Å²) in [5.41, 5.74) is 1.08. The van der Waals surface area contributed by atoms with Crippen LogP contribution in [-0.4, -0.2) is 35.6 Å². The molecular weight excluding hydrogens is 297 g/mol. The van der Waals surface area contributed by atoms with Crippen LogP contribution in [-0.2, 0) is 11.2 Å². The minimum absolute atomic E-state index is 0.103. The van der Waals surface area contributed by atoms with Crippen molar-refractivity contribution in [2.75, 3.05) is 13.6 Å². The molecule has 1 N–H and O–H groups in total. The Morgan fingerprint density at radius 1 is 1.35 bits per heavy atom. The first-order valence-corrected chi connectivity index (χ1v) is 7.51. The largest absolute Gasteiger partial charge is 0.393 e. The van der Waals surface area contributed by atoms with Crippen LogP contribution in [0.2, 0.25) is 10.0 Å². The molecule has 0 aliphatic heterocycles. The van der Waals surface area contributed by atoms with Crippen molar-refractivity contribution in [3.05, 3.63) is 33.8 Å². The summed E-state index contributed by atoms with van der Waals surface area (Å²) in [6.45, 7) is 2.31. The maximum absolute atomic E-state index is 11.9. The number of aliphatic hydroxyl groups excluding tert-OH is 1. The highest BCUT2D eigenvalue weighted by molar-refractivity contribution is 6.42. The van der Waals surface area contributed by atoms with Crippen molar-refractivity contribution in [2.24, 2.45) is 0 Å². The molecule has 1 aromatic rings. The summed E-state index contributed by atoms with van der Waals surface area (Å²) in [4.78, 5) is 13.5. The Morgan fingerprint density at radius 3 is 2.65 bits per heavy atom. The summed E-state index contributed by atoms with van der Waals surface area (Å²) in [5, 5.41) is 10.3. The summed E-state index contributed by atoms with van der Waals surface area (Å²) in [7, 11) is 1.77. The number of hydrogen-bond donors (Lipinski definition) is 1. The fourth-order valence-electron chi connectivity index (χ4n) is 1.83. The van der Waals surface area contributed by atoms with Gasteiger partial charge in [-0.3, -0.25) is 4.79 Å². The predicted molar refractivity (Wildman–Crippen MR) is 83.3 cm³/mol. The van der Waals surface area contributed by atoms with Crippen LogP contribution in [0, 0.1) is 0 Å². The third-order valence-corrected chi connectivity index (χ3v) is 3.89. The van der Waals surface area contributed by atoms with Crippen molar-refractivity contribution in [3.63, 3.8) is 0 Å². The summed E-state index contributed by atoms with van der Waals surface area (Å²) in [6, 6.07) is 5.54. The lowest BCUT2D eigenvalue weighted by molar-refractivity contribution is -0.130. The highest BCUT2D eigenvalue weighted by atomic mass is 35.5. The van der Waals surface area contributed by atoms with Crippen molar-refractivity contribution in [1.29, 1.82) is 0 Å². The van der Waals surface area contributed by atoms with Crippen LogP contribution in [0.25, 0.3) is 0 Å². The van der Waals surface area contributed by atoms with Crippen molar-refractivity contribution < 1.29 is 9.90 Å². The Labute approximate surface area is 130 Å². The standard InChI is InChI=1S/C15H21Cl2NO2/c1-11(19)8-9-18(2)15(20)5-3-4-12-6-7-13(16)14(17)10-12/h6-7,10-11,19H,3-5,8-9H2,1-2H3. The average molecular weight is 318 g/mol. The molecule has 0 saturated heterocycles. The molecule has 0 bridgehead atoms. The van der Waals surface area contributed by atoms with Crippen LogP contribution in [0.5, 0.6) is 0 Å². The van der Waals surface area contributed by atoms with Gasteiger partial charge in [0.1, 0.15) is 0 Å². The van der Waals surface area contributed by atoms with Gasteiger partial charge < -0.3 is 10.0 Å². The zero-order valence-electron chi connectivity index (χ0n) is 11.9. The number of halogens is 2. The van der Waals surface area contributed by atoms with E-state index in [1.54, 1.807) is 24.9 Å². The van der Waals surface area contributed by atoms with Gasteiger partial charge in [0.2, 0.25) is 5.91 Å². The second-order valence-electron chi connectivity index (χ2n) is 5.06. The fraction of sp³-hybridized carbons (Fsp3) is 0.533. The van der Waals surface area contributed by atoms with Gasteiger partial charge in [-0.2, -0.15) is 0 Å². The first-order valence-electron chi connectivity index (χ1n) is 6.76. The van der Waals surface area contributed by atoms with Crippen LogP contribution < -0.4 is 0 Å². The Hall–Kier alpha value is -0.770. The normalized spacial score (nSPS) is 12.2. The molecule has 1 unspecified atom stereocenters. The number of carbonyl (C=O) groups is 1. The van der Waals surface area contributed by atoms with Crippen LogP contribution in [0.4, 0.5) is 0 Å². The Morgan fingerprint density at radius 2 is 2.05 bits per heavy atom. The number of aryl methyl sites for hydroxylation is 1. The molecular formula is C15H21Cl2NO2. The minimum Gasteiger partial charge on any atom is -0.393 e. The van der Waals surface area contributed by atoms with E-state index in [9.17, 15) is 9.90 Å². The third kappa shape index (κ3) is 6.12. The summed E-state index contributed by atoms with van der Waals surface area (Å²) in [6.07, 6.45) is 2.30. The van der Waals surface area contributed by atoms with E-state index in [1.165, 1.54) is 0 Å². The summed E-state index contributed by atoms with van der Waals surface area (Å²) in [5.74, 6) is 0.103. The van der Waals surface area contributed by atoms with Gasteiger partial charge in [-0.25, -0.2) is 0 Å². The SMILES string of the molecule is CC(O)CCN(C)C(=O)CCCc1ccc(Cl)c(Cl)c1. The quantitative estimate of drug-likeness (QED) is 0.835. The van der Waals surface area contributed by atoms with E-state index in [4.69, 9.17) is 23.2 Å². The van der Waals surface area contributed by atoms with Gasteiger partial charge in [-0.1, -0.05) is 29.3 Å². The maximum Gasteiger partial charge on any atom is 0.222 e. The molecule has 0 fully saturated rings. The number of aliphatic hydroxyl groups is 1. The van der Waals surface area contributed by atoms with Gasteiger partial charge in [-0.05, 0) is 43.9 Å². The Bertz CT molecular complexity index is 449. The lowest BCUT2D eigenvalue weighted by Gasteiger charge is -2.18. The van der Waals surface area contributed by atoms with Crippen LogP contribution >= 0.6 is 23.2 Å². The number of nitrogens with zero attached hydrogens (tertiary/aromatic N) is 1. The average Bonchev–Trinajstić information content (AvgIpc) is 2.39. The van der Waals surface area contributed by atoms with Gasteiger partial charge in [-0.15, -0.1) is 0 Å². The summed E-state index contributed by atoms with van der Waals surface area (Å²) < 4.78 is 0. The third-order valence-electron chi connectivity index (χ3n) is 3.15. The molecule has 3 nitrogen and oxygen atoms in total. The lowest BCUT2D eigenvalue weighted by Crippen LogP contribution is -2.29. The van der Waals surface area contributed by atoms with Crippen LogP contribution in [0.1, 0.15) is 31.7 Å². The zero-order valence-corrected chi connectivity index (χ0v) is 13.4. The van der Waals surface area contributed by atoms with E-state index in [1.807, 2.05) is 12.1 Å². The molecule has 0 heterocycles. The fourth-order valence-corrected chi connectivity index (χ4v) is 2.16.